The number of nitrogens with one attached hydrogen (secondary N) is 1. The van der Waals surface area contributed by atoms with E-state index in [9.17, 15) is 0 Å². The van der Waals surface area contributed by atoms with Crippen LogP contribution < -0.4 is 5.32 Å². The number of rotatable bonds is 6. The van der Waals surface area contributed by atoms with Gasteiger partial charge >= 0.3 is 0 Å². The van der Waals surface area contributed by atoms with Crippen molar-refractivity contribution in [1.82, 2.24) is 9.97 Å². The van der Waals surface area contributed by atoms with E-state index in [-0.39, 0.29) is 0 Å². The lowest BCUT2D eigenvalue weighted by atomic mass is 9.81. The fourth-order valence-electron chi connectivity index (χ4n) is 2.98. The minimum atomic E-state index is 0.826. The van der Waals surface area contributed by atoms with Crippen LogP contribution in [0.3, 0.4) is 0 Å². The first kappa shape index (κ1) is 14.3. The molecule has 1 aromatic rings. The van der Waals surface area contributed by atoms with E-state index >= 15 is 0 Å². The molecule has 0 bridgehead atoms. The van der Waals surface area contributed by atoms with Crippen molar-refractivity contribution < 1.29 is 0 Å². The molecular weight excluding hydrogens is 234 g/mol. The summed E-state index contributed by atoms with van der Waals surface area (Å²) in [6.07, 6.45) is 10.8. The summed E-state index contributed by atoms with van der Waals surface area (Å²) in [6.45, 7) is 5.57. The maximum Gasteiger partial charge on any atom is 0.129 e. The molecule has 1 saturated carbocycles. The first-order chi connectivity index (χ1) is 9.31. The highest BCUT2D eigenvalue weighted by molar-refractivity contribution is 5.34. The Balaban J connectivity index is 1.77. The van der Waals surface area contributed by atoms with Gasteiger partial charge in [0.2, 0.25) is 0 Å². The first-order valence-electron chi connectivity index (χ1n) is 7.86. The highest BCUT2D eigenvalue weighted by Gasteiger charge is 2.19. The summed E-state index contributed by atoms with van der Waals surface area (Å²) in [5, 5.41) is 3.49. The monoisotopic (exact) mass is 261 g/mol. The van der Waals surface area contributed by atoms with Crippen molar-refractivity contribution in [2.24, 2.45) is 11.8 Å². The second-order valence-electron chi connectivity index (χ2n) is 5.82. The third-order valence-electron chi connectivity index (χ3n) is 4.35. The normalized spacial score (nSPS) is 23.3. The Morgan fingerprint density at radius 1 is 1.11 bits per heavy atom. The quantitative estimate of drug-likeness (QED) is 0.839. The van der Waals surface area contributed by atoms with Crippen molar-refractivity contribution in [3.8, 4) is 0 Å². The van der Waals surface area contributed by atoms with Crippen LogP contribution in [0.1, 0.15) is 58.1 Å². The molecule has 0 aliphatic heterocycles. The van der Waals surface area contributed by atoms with Gasteiger partial charge in [0, 0.05) is 18.3 Å². The molecule has 3 heteroatoms. The lowest BCUT2D eigenvalue weighted by Gasteiger charge is -2.28. The highest BCUT2D eigenvalue weighted by Crippen LogP contribution is 2.30. The van der Waals surface area contributed by atoms with Crippen LogP contribution in [0.15, 0.2) is 12.4 Å². The zero-order valence-corrected chi connectivity index (χ0v) is 12.4. The van der Waals surface area contributed by atoms with E-state index < -0.39 is 0 Å². The lowest BCUT2D eigenvalue weighted by molar-refractivity contribution is 0.278. The van der Waals surface area contributed by atoms with Gasteiger partial charge in [0.05, 0.1) is 0 Å². The van der Waals surface area contributed by atoms with Gasteiger partial charge in [0.25, 0.3) is 0 Å². The summed E-state index contributed by atoms with van der Waals surface area (Å²) >= 11 is 0. The largest absolute Gasteiger partial charge is 0.370 e. The average Bonchev–Trinajstić information content (AvgIpc) is 2.46. The third-order valence-corrected chi connectivity index (χ3v) is 4.35. The first-order valence-corrected chi connectivity index (χ1v) is 7.86. The van der Waals surface area contributed by atoms with Crippen LogP contribution in [-0.2, 0) is 6.42 Å². The van der Waals surface area contributed by atoms with Gasteiger partial charge in [0.15, 0.2) is 0 Å². The Labute approximate surface area is 117 Å². The molecule has 0 saturated heterocycles. The van der Waals surface area contributed by atoms with Gasteiger partial charge in [-0.2, -0.15) is 0 Å². The van der Waals surface area contributed by atoms with E-state index in [1.807, 2.05) is 0 Å². The number of anilines is 1. The zero-order valence-electron chi connectivity index (χ0n) is 12.4. The van der Waals surface area contributed by atoms with Gasteiger partial charge in [-0.1, -0.05) is 39.5 Å². The van der Waals surface area contributed by atoms with Crippen LogP contribution in [0, 0.1) is 11.8 Å². The van der Waals surface area contributed by atoms with Gasteiger partial charge in [-0.25, -0.2) is 9.97 Å². The van der Waals surface area contributed by atoms with Gasteiger partial charge < -0.3 is 5.32 Å². The molecule has 1 N–H and O–H groups in total. The molecule has 1 aromatic heterocycles. The Bertz CT molecular complexity index is 370. The molecule has 1 heterocycles. The molecular formula is C16H27N3. The fourth-order valence-corrected chi connectivity index (χ4v) is 2.98. The van der Waals surface area contributed by atoms with Gasteiger partial charge in [-0.05, 0) is 31.1 Å². The SMILES string of the molecule is CCCc1cc(NCC2CCC(CC)CC2)ncn1. The predicted molar refractivity (Wildman–Crippen MR) is 80.3 cm³/mol. The van der Waals surface area contributed by atoms with Crippen LogP contribution in [0.25, 0.3) is 0 Å². The van der Waals surface area contributed by atoms with Crippen LogP contribution in [0.5, 0.6) is 0 Å². The van der Waals surface area contributed by atoms with E-state index in [1.54, 1.807) is 6.33 Å². The van der Waals surface area contributed by atoms with Crippen LogP contribution in [0.2, 0.25) is 0 Å². The number of aromatic nitrogens is 2. The molecule has 19 heavy (non-hydrogen) atoms. The van der Waals surface area contributed by atoms with Gasteiger partial charge in [-0.3, -0.25) is 0 Å². The summed E-state index contributed by atoms with van der Waals surface area (Å²) in [6, 6.07) is 2.10. The number of aryl methyl sites for hydroxylation is 1. The molecule has 0 amide bonds. The van der Waals surface area contributed by atoms with Crippen LogP contribution in [-0.4, -0.2) is 16.5 Å². The molecule has 106 valence electrons. The topological polar surface area (TPSA) is 37.8 Å². The van der Waals surface area contributed by atoms with Crippen LogP contribution >= 0.6 is 0 Å². The van der Waals surface area contributed by atoms with Crippen molar-refractivity contribution in [3.05, 3.63) is 18.1 Å². The molecule has 1 aliphatic rings. The molecule has 3 nitrogen and oxygen atoms in total. The molecule has 1 aliphatic carbocycles. The smallest absolute Gasteiger partial charge is 0.129 e. The Kier molecular flexibility index (Phi) is 5.62. The highest BCUT2D eigenvalue weighted by atomic mass is 15.0. The number of nitrogens with zero attached hydrogens (tertiary/aromatic N) is 2. The minimum Gasteiger partial charge on any atom is -0.370 e. The van der Waals surface area contributed by atoms with Crippen LogP contribution in [0.4, 0.5) is 5.82 Å². The van der Waals surface area contributed by atoms with Crippen molar-refractivity contribution in [2.75, 3.05) is 11.9 Å². The summed E-state index contributed by atoms with van der Waals surface area (Å²) in [5.74, 6) is 2.80. The van der Waals surface area contributed by atoms with Crippen molar-refractivity contribution >= 4 is 5.82 Å². The fraction of sp³-hybridized carbons (Fsp3) is 0.750. The lowest BCUT2D eigenvalue weighted by Crippen LogP contribution is -2.21. The summed E-state index contributed by atoms with van der Waals surface area (Å²) in [4.78, 5) is 8.61. The Hall–Kier alpha value is -1.12. The average molecular weight is 261 g/mol. The maximum absolute atomic E-state index is 4.31. The van der Waals surface area contributed by atoms with Crippen molar-refractivity contribution in [2.45, 2.75) is 58.8 Å². The van der Waals surface area contributed by atoms with E-state index in [4.69, 9.17) is 0 Å². The van der Waals surface area contributed by atoms with E-state index in [2.05, 4.69) is 35.2 Å². The zero-order chi connectivity index (χ0) is 13.5. The Morgan fingerprint density at radius 3 is 2.53 bits per heavy atom. The minimum absolute atomic E-state index is 0.826. The third kappa shape index (κ3) is 4.48. The molecule has 0 unspecified atom stereocenters. The summed E-state index contributed by atoms with van der Waals surface area (Å²) < 4.78 is 0. The van der Waals surface area contributed by atoms with Crippen molar-refractivity contribution in [1.29, 1.82) is 0 Å². The van der Waals surface area contributed by atoms with E-state index in [1.165, 1.54) is 32.1 Å². The molecule has 0 aromatic carbocycles. The number of hydrogen-bond donors (Lipinski definition) is 1. The molecule has 0 radical (unpaired) electrons. The standard InChI is InChI=1S/C16H27N3/c1-3-5-15-10-16(19-12-18-15)17-11-14-8-6-13(4-2)7-9-14/h10,12-14H,3-9,11H2,1-2H3,(H,17,18,19). The van der Waals surface area contributed by atoms with Gasteiger partial charge in [0.1, 0.15) is 12.1 Å². The summed E-state index contributed by atoms with van der Waals surface area (Å²) in [5.41, 5.74) is 1.15. The molecule has 0 spiro atoms. The summed E-state index contributed by atoms with van der Waals surface area (Å²) in [7, 11) is 0. The molecule has 1 fully saturated rings. The number of hydrogen-bond acceptors (Lipinski definition) is 3. The molecule has 2 rings (SSSR count). The van der Waals surface area contributed by atoms with E-state index in [0.717, 1.165) is 42.7 Å². The second-order valence-corrected chi connectivity index (χ2v) is 5.82. The van der Waals surface area contributed by atoms with Crippen molar-refractivity contribution in [3.63, 3.8) is 0 Å². The molecule has 0 atom stereocenters. The van der Waals surface area contributed by atoms with Gasteiger partial charge in [-0.15, -0.1) is 0 Å². The van der Waals surface area contributed by atoms with E-state index in [0.29, 0.717) is 0 Å². The second kappa shape index (κ2) is 7.46. The maximum atomic E-state index is 4.31. The predicted octanol–water partition coefficient (Wildman–Crippen LogP) is 4.06. The Morgan fingerprint density at radius 2 is 1.84 bits per heavy atom.